The molecule has 1 N–H and O–H groups in total. The quantitative estimate of drug-likeness (QED) is 0.875. The molecule has 0 saturated carbocycles. The van der Waals surface area contributed by atoms with Crippen LogP contribution in [-0.2, 0) is 4.74 Å². The standard InChI is InChI=1S/C17H26FNO2/c1-13(17(20)15-8-3-4-9-16(15)18)11-19(2)12-14-7-5-6-10-21-14/h3-4,8-9,13-14,17,20H,5-7,10-12H2,1-2H3. The Kier molecular flexibility index (Phi) is 6.15. The molecule has 0 aromatic heterocycles. The summed E-state index contributed by atoms with van der Waals surface area (Å²) in [5.41, 5.74) is 0.382. The van der Waals surface area contributed by atoms with Crippen LogP contribution in [0.15, 0.2) is 24.3 Å². The fraction of sp³-hybridized carbons (Fsp3) is 0.647. The fourth-order valence-corrected chi connectivity index (χ4v) is 2.99. The second-order valence-electron chi connectivity index (χ2n) is 6.15. The van der Waals surface area contributed by atoms with Gasteiger partial charge in [0.15, 0.2) is 0 Å². The monoisotopic (exact) mass is 295 g/mol. The highest BCUT2D eigenvalue weighted by molar-refractivity contribution is 5.20. The first-order valence-electron chi connectivity index (χ1n) is 7.80. The van der Waals surface area contributed by atoms with Crippen LogP contribution in [-0.4, -0.2) is 42.9 Å². The molecule has 0 amide bonds. The maximum absolute atomic E-state index is 13.7. The van der Waals surface area contributed by atoms with Crippen molar-refractivity contribution in [2.24, 2.45) is 5.92 Å². The van der Waals surface area contributed by atoms with Crippen molar-refractivity contribution >= 4 is 0 Å². The van der Waals surface area contributed by atoms with Crippen LogP contribution < -0.4 is 0 Å². The van der Waals surface area contributed by atoms with Gasteiger partial charge < -0.3 is 14.7 Å². The largest absolute Gasteiger partial charge is 0.388 e. The number of hydrogen-bond donors (Lipinski definition) is 1. The van der Waals surface area contributed by atoms with E-state index in [0.29, 0.717) is 11.7 Å². The number of aliphatic hydroxyl groups is 1. The first-order chi connectivity index (χ1) is 10.1. The Morgan fingerprint density at radius 3 is 2.81 bits per heavy atom. The van der Waals surface area contributed by atoms with Gasteiger partial charge in [-0.3, -0.25) is 0 Å². The van der Waals surface area contributed by atoms with E-state index < -0.39 is 6.10 Å². The maximum Gasteiger partial charge on any atom is 0.129 e. The number of rotatable bonds is 6. The van der Waals surface area contributed by atoms with Crippen molar-refractivity contribution in [3.05, 3.63) is 35.6 Å². The topological polar surface area (TPSA) is 32.7 Å². The zero-order chi connectivity index (χ0) is 15.2. The highest BCUT2D eigenvalue weighted by Gasteiger charge is 2.22. The summed E-state index contributed by atoms with van der Waals surface area (Å²) in [7, 11) is 2.03. The summed E-state index contributed by atoms with van der Waals surface area (Å²) in [4.78, 5) is 2.17. The number of likely N-dealkylation sites (N-methyl/N-ethyl adjacent to an activating group) is 1. The molecule has 3 nitrogen and oxygen atoms in total. The van der Waals surface area contributed by atoms with Crippen LogP contribution in [0.1, 0.15) is 37.9 Å². The predicted octanol–water partition coefficient (Wildman–Crippen LogP) is 3.00. The second kappa shape index (κ2) is 7.87. The van der Waals surface area contributed by atoms with Gasteiger partial charge in [-0.15, -0.1) is 0 Å². The van der Waals surface area contributed by atoms with Gasteiger partial charge in [0.2, 0.25) is 0 Å². The average Bonchev–Trinajstić information content (AvgIpc) is 2.48. The molecule has 1 fully saturated rings. The third kappa shape index (κ3) is 4.77. The smallest absolute Gasteiger partial charge is 0.129 e. The lowest BCUT2D eigenvalue weighted by Gasteiger charge is -2.30. The van der Waals surface area contributed by atoms with E-state index in [1.54, 1.807) is 18.2 Å². The molecule has 0 bridgehead atoms. The van der Waals surface area contributed by atoms with Crippen molar-refractivity contribution in [3.8, 4) is 0 Å². The fourth-order valence-electron chi connectivity index (χ4n) is 2.99. The number of hydrogen-bond acceptors (Lipinski definition) is 3. The minimum absolute atomic E-state index is 0.0320. The van der Waals surface area contributed by atoms with Gasteiger partial charge in [-0.2, -0.15) is 0 Å². The van der Waals surface area contributed by atoms with E-state index in [-0.39, 0.29) is 11.7 Å². The van der Waals surface area contributed by atoms with E-state index in [1.807, 2.05) is 14.0 Å². The van der Waals surface area contributed by atoms with Crippen molar-refractivity contribution in [3.63, 3.8) is 0 Å². The van der Waals surface area contributed by atoms with Gasteiger partial charge in [-0.25, -0.2) is 4.39 Å². The highest BCUT2D eigenvalue weighted by Crippen LogP contribution is 2.25. The Labute approximate surface area is 126 Å². The normalized spacial score (nSPS) is 22.2. The molecule has 118 valence electrons. The van der Waals surface area contributed by atoms with Gasteiger partial charge in [-0.1, -0.05) is 25.1 Å². The van der Waals surface area contributed by atoms with Crippen LogP contribution in [0.4, 0.5) is 4.39 Å². The Morgan fingerprint density at radius 1 is 1.38 bits per heavy atom. The number of ether oxygens (including phenoxy) is 1. The van der Waals surface area contributed by atoms with Crippen LogP contribution in [0.3, 0.4) is 0 Å². The maximum atomic E-state index is 13.7. The third-order valence-corrected chi connectivity index (χ3v) is 4.15. The summed E-state index contributed by atoms with van der Waals surface area (Å²) in [5.74, 6) is -0.370. The van der Waals surface area contributed by atoms with Gasteiger partial charge in [0.25, 0.3) is 0 Å². The first kappa shape index (κ1) is 16.4. The van der Waals surface area contributed by atoms with Gasteiger partial charge in [-0.05, 0) is 38.3 Å². The van der Waals surface area contributed by atoms with Gasteiger partial charge in [0.1, 0.15) is 5.82 Å². The lowest BCUT2D eigenvalue weighted by atomic mass is 9.96. The zero-order valence-electron chi connectivity index (χ0n) is 13.0. The van der Waals surface area contributed by atoms with Crippen molar-refractivity contribution in [2.45, 2.75) is 38.4 Å². The van der Waals surface area contributed by atoms with Gasteiger partial charge in [0, 0.05) is 25.3 Å². The SMILES string of the molecule is CC(CN(C)CC1CCCCO1)C(O)c1ccccc1F. The molecule has 3 unspecified atom stereocenters. The summed E-state index contributed by atoms with van der Waals surface area (Å²) in [6.07, 6.45) is 3.01. The molecule has 1 aliphatic heterocycles. The second-order valence-corrected chi connectivity index (χ2v) is 6.15. The average molecular weight is 295 g/mol. The van der Waals surface area contributed by atoms with E-state index in [2.05, 4.69) is 4.90 Å². The lowest BCUT2D eigenvalue weighted by Crippen LogP contribution is -2.36. The lowest BCUT2D eigenvalue weighted by molar-refractivity contribution is -0.00758. The number of benzene rings is 1. The van der Waals surface area contributed by atoms with Crippen molar-refractivity contribution in [1.29, 1.82) is 0 Å². The molecule has 1 aliphatic rings. The summed E-state index contributed by atoms with van der Waals surface area (Å²) in [5, 5.41) is 10.3. The van der Waals surface area contributed by atoms with Gasteiger partial charge in [0.05, 0.1) is 12.2 Å². The molecule has 1 aromatic carbocycles. The molecule has 1 heterocycles. The molecule has 3 atom stereocenters. The Balaban J connectivity index is 1.85. The molecular formula is C17H26FNO2. The molecule has 2 rings (SSSR count). The molecule has 4 heteroatoms. The van der Waals surface area contributed by atoms with E-state index in [1.165, 1.54) is 12.5 Å². The van der Waals surface area contributed by atoms with E-state index in [4.69, 9.17) is 4.74 Å². The third-order valence-electron chi connectivity index (χ3n) is 4.15. The predicted molar refractivity (Wildman–Crippen MR) is 81.6 cm³/mol. The van der Waals surface area contributed by atoms with E-state index >= 15 is 0 Å². The van der Waals surface area contributed by atoms with Crippen LogP contribution in [0.2, 0.25) is 0 Å². The number of aliphatic hydroxyl groups excluding tert-OH is 1. The van der Waals surface area contributed by atoms with Crippen molar-refractivity contribution in [1.82, 2.24) is 4.90 Å². The molecule has 0 aliphatic carbocycles. The summed E-state index contributed by atoms with van der Waals surface area (Å²) in [6.45, 7) is 4.39. The summed E-state index contributed by atoms with van der Waals surface area (Å²) in [6, 6.07) is 6.45. The van der Waals surface area contributed by atoms with E-state index in [9.17, 15) is 9.50 Å². The first-order valence-corrected chi connectivity index (χ1v) is 7.80. The van der Waals surface area contributed by atoms with Crippen molar-refractivity contribution < 1.29 is 14.2 Å². The summed E-state index contributed by atoms with van der Waals surface area (Å²) >= 11 is 0. The molecule has 1 aromatic rings. The Morgan fingerprint density at radius 2 is 2.14 bits per heavy atom. The molecule has 1 saturated heterocycles. The van der Waals surface area contributed by atoms with Gasteiger partial charge >= 0.3 is 0 Å². The van der Waals surface area contributed by atoms with Crippen LogP contribution in [0, 0.1) is 11.7 Å². The van der Waals surface area contributed by atoms with E-state index in [0.717, 1.165) is 32.5 Å². The zero-order valence-corrected chi connectivity index (χ0v) is 13.0. The van der Waals surface area contributed by atoms with Crippen LogP contribution in [0.5, 0.6) is 0 Å². The highest BCUT2D eigenvalue weighted by atomic mass is 19.1. The minimum atomic E-state index is -0.777. The Bertz CT molecular complexity index is 435. The Hall–Kier alpha value is -0.970. The number of halogens is 1. The molecule has 0 spiro atoms. The minimum Gasteiger partial charge on any atom is -0.388 e. The number of nitrogens with zero attached hydrogens (tertiary/aromatic N) is 1. The molecule has 21 heavy (non-hydrogen) atoms. The summed E-state index contributed by atoms with van der Waals surface area (Å²) < 4.78 is 19.4. The van der Waals surface area contributed by atoms with Crippen LogP contribution >= 0.6 is 0 Å². The molecule has 0 radical (unpaired) electrons. The molecular weight excluding hydrogens is 269 g/mol. The van der Waals surface area contributed by atoms with Crippen molar-refractivity contribution in [2.75, 3.05) is 26.7 Å². The van der Waals surface area contributed by atoms with Crippen LogP contribution in [0.25, 0.3) is 0 Å².